The van der Waals surface area contributed by atoms with Crippen LogP contribution in [-0.4, -0.2) is 34.8 Å². The number of amides is 4. The zero-order chi connectivity index (χ0) is 19.8. The Bertz CT molecular complexity index is 794. The van der Waals surface area contributed by atoms with Gasteiger partial charge in [-0.15, -0.1) is 12.4 Å². The Hall–Kier alpha value is -2.33. The highest BCUT2D eigenvalue weighted by Gasteiger charge is 2.52. The number of imide groups is 1. The van der Waals surface area contributed by atoms with Crippen LogP contribution in [0.1, 0.15) is 36.8 Å². The zero-order valence-electron chi connectivity index (χ0n) is 14.8. The van der Waals surface area contributed by atoms with E-state index in [9.17, 15) is 27.6 Å². The molecule has 28 heavy (non-hydrogen) atoms. The molecule has 0 bridgehead atoms. The normalized spacial score (nSPS) is 18.2. The second-order valence-electron chi connectivity index (χ2n) is 6.78. The van der Waals surface area contributed by atoms with Crippen molar-refractivity contribution in [2.24, 2.45) is 5.73 Å². The van der Waals surface area contributed by atoms with E-state index in [-0.39, 0.29) is 30.2 Å². The molecule has 1 aromatic carbocycles. The fourth-order valence-corrected chi connectivity index (χ4v) is 3.53. The predicted molar refractivity (Wildman–Crippen MR) is 96.7 cm³/mol. The van der Waals surface area contributed by atoms with Crippen molar-refractivity contribution in [2.75, 3.05) is 11.9 Å². The van der Waals surface area contributed by atoms with Crippen molar-refractivity contribution in [1.82, 2.24) is 10.2 Å². The van der Waals surface area contributed by atoms with Gasteiger partial charge in [0, 0.05) is 12.2 Å². The zero-order valence-corrected chi connectivity index (χ0v) is 15.6. The summed E-state index contributed by atoms with van der Waals surface area (Å²) in [7, 11) is 0. The summed E-state index contributed by atoms with van der Waals surface area (Å²) in [4.78, 5) is 37.6. The molecule has 1 aliphatic heterocycles. The molecule has 1 saturated heterocycles. The molecule has 2 fully saturated rings. The van der Waals surface area contributed by atoms with E-state index in [0.29, 0.717) is 12.8 Å². The number of nitrogens with one attached hydrogen (secondary N) is 2. The van der Waals surface area contributed by atoms with Gasteiger partial charge in [-0.1, -0.05) is 12.8 Å². The molecule has 1 saturated carbocycles. The first-order valence-electron chi connectivity index (χ1n) is 8.50. The van der Waals surface area contributed by atoms with Gasteiger partial charge in [0.1, 0.15) is 12.1 Å². The third-order valence-electron chi connectivity index (χ3n) is 4.84. The highest BCUT2D eigenvalue weighted by molar-refractivity contribution is 6.10. The highest BCUT2D eigenvalue weighted by atomic mass is 35.5. The number of alkyl halides is 3. The fourth-order valence-electron chi connectivity index (χ4n) is 3.53. The van der Waals surface area contributed by atoms with Crippen LogP contribution in [0, 0.1) is 0 Å². The van der Waals surface area contributed by atoms with E-state index in [0.717, 1.165) is 29.9 Å². The van der Waals surface area contributed by atoms with Crippen molar-refractivity contribution in [3.63, 3.8) is 0 Å². The van der Waals surface area contributed by atoms with Gasteiger partial charge in [0.25, 0.3) is 5.91 Å². The van der Waals surface area contributed by atoms with Gasteiger partial charge in [-0.25, -0.2) is 4.79 Å². The largest absolute Gasteiger partial charge is 0.416 e. The lowest BCUT2D eigenvalue weighted by Gasteiger charge is -2.20. The molecule has 4 amide bonds. The highest BCUT2D eigenvalue weighted by Crippen LogP contribution is 2.35. The number of hydrogen-bond donors (Lipinski definition) is 3. The van der Waals surface area contributed by atoms with Crippen LogP contribution in [0.25, 0.3) is 0 Å². The smallest absolute Gasteiger partial charge is 0.326 e. The van der Waals surface area contributed by atoms with Crippen LogP contribution in [0.15, 0.2) is 18.2 Å². The summed E-state index contributed by atoms with van der Waals surface area (Å²) < 4.78 is 38.9. The number of nitrogens with two attached hydrogens (primary N) is 1. The number of halogens is 4. The summed E-state index contributed by atoms with van der Waals surface area (Å²) in [5, 5.41) is 4.95. The maximum atomic E-state index is 13.0. The molecular formula is C17H20ClF3N4O3. The molecule has 0 radical (unpaired) electrons. The average molecular weight is 421 g/mol. The lowest BCUT2D eigenvalue weighted by Crippen LogP contribution is -2.44. The van der Waals surface area contributed by atoms with Crippen LogP contribution in [0.3, 0.4) is 0 Å². The Morgan fingerprint density at radius 1 is 1.21 bits per heavy atom. The first-order chi connectivity index (χ1) is 12.6. The molecule has 1 aromatic rings. The van der Waals surface area contributed by atoms with Crippen molar-refractivity contribution in [3.05, 3.63) is 29.3 Å². The molecule has 3 rings (SSSR count). The van der Waals surface area contributed by atoms with Crippen molar-refractivity contribution in [1.29, 1.82) is 0 Å². The van der Waals surface area contributed by atoms with Crippen LogP contribution in [0.4, 0.5) is 23.7 Å². The molecule has 0 unspecified atom stereocenters. The third-order valence-corrected chi connectivity index (χ3v) is 4.84. The van der Waals surface area contributed by atoms with Gasteiger partial charge in [0.15, 0.2) is 0 Å². The van der Waals surface area contributed by atoms with Gasteiger partial charge in [-0.2, -0.15) is 13.2 Å². The minimum Gasteiger partial charge on any atom is -0.326 e. The molecule has 1 heterocycles. The number of benzene rings is 1. The van der Waals surface area contributed by atoms with Crippen LogP contribution >= 0.6 is 12.4 Å². The van der Waals surface area contributed by atoms with Crippen LogP contribution < -0.4 is 16.4 Å². The summed E-state index contributed by atoms with van der Waals surface area (Å²) in [6.45, 7) is -0.705. The Kier molecular flexibility index (Phi) is 6.24. The molecule has 1 aliphatic carbocycles. The minimum atomic E-state index is -4.59. The van der Waals surface area contributed by atoms with Crippen molar-refractivity contribution < 1.29 is 27.6 Å². The Morgan fingerprint density at radius 2 is 1.86 bits per heavy atom. The number of anilines is 1. The number of rotatable bonds is 4. The monoisotopic (exact) mass is 420 g/mol. The molecular weight excluding hydrogens is 401 g/mol. The quantitative estimate of drug-likeness (QED) is 0.650. The third kappa shape index (κ3) is 4.22. The molecule has 4 N–H and O–H groups in total. The van der Waals surface area contributed by atoms with Gasteiger partial charge < -0.3 is 16.4 Å². The maximum absolute atomic E-state index is 13.0. The summed E-state index contributed by atoms with van der Waals surface area (Å²) >= 11 is 0. The van der Waals surface area contributed by atoms with E-state index >= 15 is 0 Å². The second kappa shape index (κ2) is 7.96. The number of nitrogens with zero attached hydrogens (tertiary/aromatic N) is 1. The van der Waals surface area contributed by atoms with Crippen LogP contribution in [0.2, 0.25) is 0 Å². The van der Waals surface area contributed by atoms with Crippen LogP contribution in [0.5, 0.6) is 0 Å². The molecule has 1 spiro atoms. The first-order valence-corrected chi connectivity index (χ1v) is 8.50. The molecule has 11 heteroatoms. The van der Waals surface area contributed by atoms with Gasteiger partial charge >= 0.3 is 12.2 Å². The molecule has 154 valence electrons. The molecule has 7 nitrogen and oxygen atoms in total. The van der Waals surface area contributed by atoms with E-state index in [1.165, 1.54) is 6.07 Å². The summed E-state index contributed by atoms with van der Waals surface area (Å²) in [6, 6.07) is 2.33. The van der Waals surface area contributed by atoms with Crippen LogP contribution in [-0.2, 0) is 22.3 Å². The fraction of sp³-hybridized carbons (Fsp3) is 0.471. The Balaban J connectivity index is 0.00000280. The van der Waals surface area contributed by atoms with Gasteiger partial charge in [-0.3, -0.25) is 14.5 Å². The predicted octanol–water partition coefficient (Wildman–Crippen LogP) is 2.39. The number of carbonyl (C=O) groups is 3. The van der Waals surface area contributed by atoms with E-state index < -0.39 is 41.7 Å². The van der Waals surface area contributed by atoms with E-state index in [2.05, 4.69) is 10.6 Å². The molecule has 2 aliphatic rings. The number of hydrogen-bond acceptors (Lipinski definition) is 4. The number of carbonyl (C=O) groups excluding carboxylic acids is 3. The molecule has 0 atom stereocenters. The maximum Gasteiger partial charge on any atom is 0.416 e. The van der Waals surface area contributed by atoms with Gasteiger partial charge in [0.2, 0.25) is 5.91 Å². The molecule has 0 aromatic heterocycles. The second-order valence-corrected chi connectivity index (χ2v) is 6.78. The van der Waals surface area contributed by atoms with Crippen molar-refractivity contribution in [3.8, 4) is 0 Å². The summed E-state index contributed by atoms with van der Waals surface area (Å²) in [5.41, 5.74) is 3.62. The lowest BCUT2D eigenvalue weighted by atomic mass is 9.98. The SMILES string of the molecule is Cl.NCc1cc(NC(=O)CN2C(=O)NC3(CCCC3)C2=O)cc(C(F)(F)F)c1. The van der Waals surface area contributed by atoms with Gasteiger partial charge in [0.05, 0.1) is 5.56 Å². The van der Waals surface area contributed by atoms with Crippen molar-refractivity contribution in [2.45, 2.75) is 43.9 Å². The van der Waals surface area contributed by atoms with E-state index in [4.69, 9.17) is 5.73 Å². The first kappa shape index (κ1) is 22.0. The van der Waals surface area contributed by atoms with E-state index in [1.54, 1.807) is 0 Å². The number of urea groups is 1. The summed E-state index contributed by atoms with van der Waals surface area (Å²) in [6.07, 6.45) is -1.95. The minimum absolute atomic E-state index is 0. The average Bonchev–Trinajstić information content (AvgIpc) is 3.15. The summed E-state index contributed by atoms with van der Waals surface area (Å²) in [5.74, 6) is -1.23. The lowest BCUT2D eigenvalue weighted by molar-refractivity contribution is -0.137. The van der Waals surface area contributed by atoms with Gasteiger partial charge in [-0.05, 0) is 36.6 Å². The van der Waals surface area contributed by atoms with Crippen molar-refractivity contribution >= 4 is 35.9 Å². The van der Waals surface area contributed by atoms with E-state index in [1.807, 2.05) is 0 Å². The Labute approximate surface area is 165 Å². The topological polar surface area (TPSA) is 105 Å². The Morgan fingerprint density at radius 3 is 2.43 bits per heavy atom. The standard InChI is InChI=1S/C17H19F3N4O3.ClH/c18-17(19,20)11-5-10(8-21)6-12(7-11)22-13(25)9-24-14(26)16(23-15(24)27)3-1-2-4-16;/h5-7H,1-4,8-9,21H2,(H,22,25)(H,23,27);1H.